The molecule has 0 aromatic heterocycles. The van der Waals surface area contributed by atoms with Crippen LogP contribution >= 0.6 is 0 Å². The average molecular weight is 309 g/mol. The van der Waals surface area contributed by atoms with Gasteiger partial charge in [-0.15, -0.1) is 0 Å². The number of benzene rings is 1. The van der Waals surface area contributed by atoms with Gasteiger partial charge in [0.2, 0.25) is 10.0 Å². The Balaban J connectivity index is 1.94. The Morgan fingerprint density at radius 2 is 2.00 bits per heavy atom. The first kappa shape index (κ1) is 14.5. The van der Waals surface area contributed by atoms with Crippen molar-refractivity contribution in [1.29, 1.82) is 0 Å². The lowest BCUT2D eigenvalue weighted by Gasteiger charge is -2.22. The Labute approximate surface area is 124 Å². The first-order valence-corrected chi connectivity index (χ1v) is 8.69. The molecular weight excluding hydrogens is 290 g/mol. The molecule has 1 saturated heterocycles. The minimum absolute atomic E-state index is 0.291. The third kappa shape index (κ3) is 2.46. The Kier molecular flexibility index (Phi) is 3.75. The molecule has 1 atom stereocenters. The van der Waals surface area contributed by atoms with Crippen LogP contribution in [0.25, 0.3) is 0 Å². The molecule has 0 bridgehead atoms. The minimum atomic E-state index is -3.63. The summed E-state index contributed by atoms with van der Waals surface area (Å²) in [6.07, 6.45) is 4.23. The van der Waals surface area contributed by atoms with Crippen molar-refractivity contribution in [2.24, 2.45) is 0 Å². The van der Waals surface area contributed by atoms with Crippen LogP contribution in [-0.2, 0) is 32.4 Å². The second kappa shape index (κ2) is 5.42. The molecule has 2 aliphatic rings. The molecule has 5 nitrogen and oxygen atoms in total. The molecule has 0 radical (unpaired) electrons. The van der Waals surface area contributed by atoms with Crippen molar-refractivity contribution in [2.45, 2.75) is 43.0 Å². The molecule has 0 N–H and O–H groups in total. The van der Waals surface area contributed by atoms with Crippen LogP contribution < -0.4 is 0 Å². The van der Waals surface area contributed by atoms with Gasteiger partial charge in [-0.05, 0) is 55.4 Å². The van der Waals surface area contributed by atoms with Gasteiger partial charge in [0.05, 0.1) is 12.0 Å². The highest BCUT2D eigenvalue weighted by atomic mass is 32.2. The molecule has 0 spiro atoms. The van der Waals surface area contributed by atoms with E-state index in [0.29, 0.717) is 24.3 Å². The van der Waals surface area contributed by atoms with Gasteiger partial charge in [0.25, 0.3) is 0 Å². The van der Waals surface area contributed by atoms with Gasteiger partial charge in [-0.2, -0.15) is 4.31 Å². The van der Waals surface area contributed by atoms with Crippen LogP contribution in [0.3, 0.4) is 0 Å². The van der Waals surface area contributed by atoms with E-state index in [1.54, 1.807) is 12.1 Å². The molecular formula is C15H19NO4S. The zero-order valence-corrected chi connectivity index (χ0v) is 12.9. The van der Waals surface area contributed by atoms with Crippen LogP contribution in [-0.4, -0.2) is 38.4 Å². The predicted molar refractivity (Wildman–Crippen MR) is 77.4 cm³/mol. The average Bonchev–Trinajstić information content (AvgIpc) is 3.14. The molecule has 1 aromatic rings. The molecule has 0 saturated carbocycles. The SMILES string of the molecule is COC(=O)[C@@H]1CCCN1S(=O)(=O)c1ccc2c(c1)CCC2. The number of hydrogen-bond donors (Lipinski definition) is 0. The van der Waals surface area contributed by atoms with Crippen molar-refractivity contribution in [3.63, 3.8) is 0 Å². The number of ether oxygens (including phenoxy) is 1. The second-order valence-electron chi connectivity index (χ2n) is 5.58. The molecule has 21 heavy (non-hydrogen) atoms. The Morgan fingerprint density at radius 1 is 1.24 bits per heavy atom. The summed E-state index contributed by atoms with van der Waals surface area (Å²) in [5.74, 6) is -0.475. The largest absolute Gasteiger partial charge is 0.468 e. The molecule has 1 fully saturated rings. The third-order valence-electron chi connectivity index (χ3n) is 4.35. The van der Waals surface area contributed by atoms with Crippen LogP contribution in [0.1, 0.15) is 30.4 Å². The van der Waals surface area contributed by atoms with Crippen molar-refractivity contribution in [3.05, 3.63) is 29.3 Å². The fourth-order valence-electron chi connectivity index (χ4n) is 3.24. The maximum Gasteiger partial charge on any atom is 0.324 e. The van der Waals surface area contributed by atoms with Gasteiger partial charge in [0, 0.05) is 6.54 Å². The summed E-state index contributed by atoms with van der Waals surface area (Å²) >= 11 is 0. The normalized spacial score (nSPS) is 22.2. The summed E-state index contributed by atoms with van der Waals surface area (Å²) in [6.45, 7) is 0.374. The highest BCUT2D eigenvalue weighted by Gasteiger charge is 2.40. The molecule has 1 heterocycles. The molecule has 0 unspecified atom stereocenters. The van der Waals surface area contributed by atoms with Gasteiger partial charge in [-0.25, -0.2) is 8.42 Å². The van der Waals surface area contributed by atoms with Crippen molar-refractivity contribution in [1.82, 2.24) is 4.31 Å². The van der Waals surface area contributed by atoms with Crippen LogP contribution in [0.15, 0.2) is 23.1 Å². The fourth-order valence-corrected chi connectivity index (χ4v) is 4.94. The summed E-state index contributed by atoms with van der Waals surface area (Å²) in [6, 6.07) is 4.64. The fraction of sp³-hybridized carbons (Fsp3) is 0.533. The van der Waals surface area contributed by atoms with E-state index in [2.05, 4.69) is 0 Å². The Morgan fingerprint density at radius 3 is 2.76 bits per heavy atom. The van der Waals surface area contributed by atoms with Gasteiger partial charge in [-0.1, -0.05) is 6.07 Å². The topological polar surface area (TPSA) is 63.7 Å². The first-order chi connectivity index (χ1) is 10.0. The van der Waals surface area contributed by atoms with Crippen molar-refractivity contribution < 1.29 is 17.9 Å². The number of carbonyl (C=O) groups excluding carboxylic acids is 1. The minimum Gasteiger partial charge on any atom is -0.468 e. The van der Waals surface area contributed by atoms with Crippen LogP contribution in [0, 0.1) is 0 Å². The van der Waals surface area contributed by atoms with E-state index in [1.165, 1.54) is 17.0 Å². The van der Waals surface area contributed by atoms with E-state index in [4.69, 9.17) is 4.74 Å². The number of aryl methyl sites for hydroxylation is 2. The lowest BCUT2D eigenvalue weighted by atomic mass is 10.1. The van der Waals surface area contributed by atoms with E-state index < -0.39 is 22.0 Å². The first-order valence-electron chi connectivity index (χ1n) is 7.25. The molecule has 3 rings (SSSR count). The van der Waals surface area contributed by atoms with E-state index in [1.807, 2.05) is 6.07 Å². The molecule has 0 amide bonds. The van der Waals surface area contributed by atoms with Gasteiger partial charge in [-0.3, -0.25) is 4.79 Å². The zero-order valence-electron chi connectivity index (χ0n) is 12.0. The molecule has 1 aliphatic carbocycles. The van der Waals surface area contributed by atoms with Crippen LogP contribution in [0.4, 0.5) is 0 Å². The monoisotopic (exact) mass is 309 g/mol. The molecule has 1 aliphatic heterocycles. The summed E-state index contributed by atoms with van der Waals surface area (Å²) in [5.41, 5.74) is 2.35. The summed E-state index contributed by atoms with van der Waals surface area (Å²) in [7, 11) is -2.34. The number of esters is 1. The maximum absolute atomic E-state index is 12.8. The summed E-state index contributed by atoms with van der Waals surface area (Å²) < 4.78 is 31.6. The van der Waals surface area contributed by atoms with E-state index in [9.17, 15) is 13.2 Å². The zero-order chi connectivity index (χ0) is 15.0. The van der Waals surface area contributed by atoms with E-state index in [-0.39, 0.29) is 0 Å². The van der Waals surface area contributed by atoms with Gasteiger partial charge in [0.1, 0.15) is 6.04 Å². The van der Waals surface area contributed by atoms with Gasteiger partial charge >= 0.3 is 5.97 Å². The Hall–Kier alpha value is -1.40. The van der Waals surface area contributed by atoms with Crippen molar-refractivity contribution in [2.75, 3.05) is 13.7 Å². The highest BCUT2D eigenvalue weighted by molar-refractivity contribution is 7.89. The second-order valence-corrected chi connectivity index (χ2v) is 7.47. The lowest BCUT2D eigenvalue weighted by molar-refractivity contribution is -0.144. The molecule has 6 heteroatoms. The van der Waals surface area contributed by atoms with E-state index >= 15 is 0 Å². The van der Waals surface area contributed by atoms with Crippen molar-refractivity contribution >= 4 is 16.0 Å². The molecule has 114 valence electrons. The Bertz CT molecular complexity index is 668. The summed E-state index contributed by atoms with van der Waals surface area (Å²) in [5, 5.41) is 0. The predicted octanol–water partition coefficient (Wildman–Crippen LogP) is 1.50. The number of nitrogens with zero attached hydrogens (tertiary/aromatic N) is 1. The number of hydrogen-bond acceptors (Lipinski definition) is 4. The third-order valence-corrected chi connectivity index (χ3v) is 6.26. The van der Waals surface area contributed by atoms with E-state index in [0.717, 1.165) is 24.8 Å². The highest BCUT2D eigenvalue weighted by Crippen LogP contribution is 2.30. The number of fused-ring (bicyclic) bond motifs is 1. The standard InChI is InChI=1S/C15H19NO4S/c1-20-15(17)14-6-3-9-16(14)21(18,19)13-8-7-11-4-2-5-12(11)10-13/h7-8,10,14H,2-6,9H2,1H3/t14-/m0/s1. The number of rotatable bonds is 3. The van der Waals surface area contributed by atoms with Crippen LogP contribution in [0.2, 0.25) is 0 Å². The van der Waals surface area contributed by atoms with Crippen LogP contribution in [0.5, 0.6) is 0 Å². The number of sulfonamides is 1. The van der Waals surface area contributed by atoms with Gasteiger partial charge < -0.3 is 4.74 Å². The van der Waals surface area contributed by atoms with Crippen molar-refractivity contribution in [3.8, 4) is 0 Å². The van der Waals surface area contributed by atoms with Gasteiger partial charge in [0.15, 0.2) is 0 Å². The summed E-state index contributed by atoms with van der Waals surface area (Å²) in [4.78, 5) is 12.1. The number of methoxy groups -OCH3 is 1. The quantitative estimate of drug-likeness (QED) is 0.794. The number of carbonyl (C=O) groups is 1. The maximum atomic E-state index is 12.8. The lowest BCUT2D eigenvalue weighted by Crippen LogP contribution is -2.41. The smallest absolute Gasteiger partial charge is 0.324 e. The molecule has 1 aromatic carbocycles.